The van der Waals surface area contributed by atoms with Gasteiger partial charge in [0, 0.05) is 6.07 Å². The fourth-order valence-electron chi connectivity index (χ4n) is 1.33. The first-order valence-electron chi connectivity index (χ1n) is 4.01. The third-order valence-electron chi connectivity index (χ3n) is 2.03. The van der Waals surface area contributed by atoms with Gasteiger partial charge in [0.05, 0.1) is 12.7 Å². The zero-order valence-electron chi connectivity index (χ0n) is 7.50. The van der Waals surface area contributed by atoms with Crippen LogP contribution in [0.4, 0.5) is 0 Å². The molecular weight excluding hydrogens is 168 g/mol. The Bertz CT molecular complexity index is 380. The van der Waals surface area contributed by atoms with Crippen LogP contribution < -0.4 is 9.47 Å². The van der Waals surface area contributed by atoms with Crippen LogP contribution in [0.2, 0.25) is 0 Å². The molecular formula is C10H10O3. The van der Waals surface area contributed by atoms with Gasteiger partial charge in [0.1, 0.15) is 11.5 Å². The van der Waals surface area contributed by atoms with Crippen LogP contribution >= 0.6 is 0 Å². The van der Waals surface area contributed by atoms with Gasteiger partial charge in [-0.15, -0.1) is 0 Å². The average molecular weight is 178 g/mol. The number of benzene rings is 1. The molecule has 1 heterocycles. The second-order valence-corrected chi connectivity index (χ2v) is 2.78. The monoisotopic (exact) mass is 178 g/mol. The smallest absolute Gasteiger partial charge is 0.161 e. The van der Waals surface area contributed by atoms with Crippen LogP contribution in [0, 0.1) is 0 Å². The summed E-state index contributed by atoms with van der Waals surface area (Å²) in [6.45, 7) is 1.90. The Morgan fingerprint density at radius 2 is 2.23 bits per heavy atom. The molecule has 0 aromatic heterocycles. The lowest BCUT2D eigenvalue weighted by molar-refractivity contribution is 0.366. The van der Waals surface area contributed by atoms with E-state index >= 15 is 0 Å². The summed E-state index contributed by atoms with van der Waals surface area (Å²) in [4.78, 5) is 0. The zero-order chi connectivity index (χ0) is 9.42. The highest BCUT2D eigenvalue weighted by Crippen LogP contribution is 2.44. The van der Waals surface area contributed by atoms with Crippen LogP contribution in [0.15, 0.2) is 18.2 Å². The van der Waals surface area contributed by atoms with Gasteiger partial charge in [-0.3, -0.25) is 0 Å². The lowest BCUT2D eigenvalue weighted by Crippen LogP contribution is -2.08. The SMILES string of the molecule is CC=C1Oc2cc(O)c(OC)cc21. The summed E-state index contributed by atoms with van der Waals surface area (Å²) in [6.07, 6.45) is 1.87. The molecule has 0 saturated heterocycles. The van der Waals surface area contributed by atoms with Crippen molar-refractivity contribution in [2.45, 2.75) is 6.92 Å². The van der Waals surface area contributed by atoms with Gasteiger partial charge in [0.25, 0.3) is 0 Å². The summed E-state index contributed by atoms with van der Waals surface area (Å²) in [7, 11) is 1.52. The normalized spacial score (nSPS) is 16.0. The number of methoxy groups -OCH3 is 1. The van der Waals surface area contributed by atoms with E-state index in [-0.39, 0.29) is 5.75 Å². The van der Waals surface area contributed by atoms with E-state index in [1.54, 1.807) is 12.1 Å². The number of fused-ring (bicyclic) bond motifs is 1. The zero-order valence-corrected chi connectivity index (χ0v) is 7.50. The number of hydrogen-bond donors (Lipinski definition) is 1. The summed E-state index contributed by atoms with van der Waals surface area (Å²) in [5.41, 5.74) is 0.983. The number of ether oxygens (including phenoxy) is 2. The molecule has 1 N–H and O–H groups in total. The van der Waals surface area contributed by atoms with Crippen molar-refractivity contribution < 1.29 is 14.6 Å². The molecule has 0 amide bonds. The first-order valence-corrected chi connectivity index (χ1v) is 4.01. The predicted octanol–water partition coefficient (Wildman–Crippen LogP) is 2.15. The maximum absolute atomic E-state index is 9.38. The Morgan fingerprint density at radius 3 is 2.85 bits per heavy atom. The topological polar surface area (TPSA) is 38.7 Å². The Morgan fingerprint density at radius 1 is 1.46 bits per heavy atom. The Labute approximate surface area is 76.2 Å². The lowest BCUT2D eigenvalue weighted by Gasteiger charge is -2.24. The molecule has 0 aliphatic carbocycles. The van der Waals surface area contributed by atoms with Crippen molar-refractivity contribution in [3.63, 3.8) is 0 Å². The first kappa shape index (κ1) is 7.98. The highest BCUT2D eigenvalue weighted by Gasteiger charge is 2.23. The number of rotatable bonds is 1. The summed E-state index contributed by atoms with van der Waals surface area (Å²) in [5.74, 6) is 2.11. The van der Waals surface area contributed by atoms with E-state index in [9.17, 15) is 5.11 Å². The molecule has 1 aliphatic rings. The fourth-order valence-corrected chi connectivity index (χ4v) is 1.33. The minimum atomic E-state index is 0.108. The largest absolute Gasteiger partial charge is 0.504 e. The van der Waals surface area contributed by atoms with Crippen LogP contribution in [-0.4, -0.2) is 12.2 Å². The van der Waals surface area contributed by atoms with E-state index in [4.69, 9.17) is 9.47 Å². The molecule has 1 aliphatic heterocycles. The Kier molecular flexibility index (Phi) is 1.65. The maximum Gasteiger partial charge on any atom is 0.161 e. The van der Waals surface area contributed by atoms with Crippen molar-refractivity contribution >= 4 is 5.76 Å². The van der Waals surface area contributed by atoms with Crippen LogP contribution in [0.3, 0.4) is 0 Å². The number of hydrogen-bond acceptors (Lipinski definition) is 3. The van der Waals surface area contributed by atoms with Crippen LogP contribution in [0.1, 0.15) is 12.5 Å². The summed E-state index contributed by atoms with van der Waals surface area (Å²) < 4.78 is 10.2. The molecule has 0 saturated carbocycles. The molecule has 0 fully saturated rings. The molecule has 0 unspecified atom stereocenters. The Hall–Kier alpha value is -1.64. The van der Waals surface area contributed by atoms with Gasteiger partial charge < -0.3 is 14.6 Å². The summed E-state index contributed by atoms with van der Waals surface area (Å²) in [5, 5.41) is 9.38. The number of phenols is 1. The summed E-state index contributed by atoms with van der Waals surface area (Å²) >= 11 is 0. The molecule has 13 heavy (non-hydrogen) atoms. The third kappa shape index (κ3) is 1.04. The van der Waals surface area contributed by atoms with E-state index in [0.29, 0.717) is 11.5 Å². The molecule has 2 rings (SSSR count). The molecule has 3 heteroatoms. The van der Waals surface area contributed by atoms with Crippen LogP contribution in [0.5, 0.6) is 17.2 Å². The van der Waals surface area contributed by atoms with Gasteiger partial charge in [-0.2, -0.15) is 0 Å². The van der Waals surface area contributed by atoms with Gasteiger partial charge in [-0.05, 0) is 19.1 Å². The van der Waals surface area contributed by atoms with E-state index in [1.165, 1.54) is 7.11 Å². The van der Waals surface area contributed by atoms with Gasteiger partial charge in [0.15, 0.2) is 11.5 Å². The van der Waals surface area contributed by atoms with E-state index in [2.05, 4.69) is 0 Å². The Balaban J connectivity index is 2.51. The van der Waals surface area contributed by atoms with Crippen molar-refractivity contribution in [3.05, 3.63) is 23.8 Å². The quantitative estimate of drug-likeness (QED) is 0.716. The standard InChI is InChI=1S/C10H10O3/c1-3-8-6-4-10(12-2)7(11)5-9(6)13-8/h3-5,11H,1-2H3. The van der Waals surface area contributed by atoms with Crippen LogP contribution in [-0.2, 0) is 0 Å². The van der Waals surface area contributed by atoms with Crippen molar-refractivity contribution in [2.24, 2.45) is 0 Å². The minimum absolute atomic E-state index is 0.108. The van der Waals surface area contributed by atoms with Crippen molar-refractivity contribution in [1.82, 2.24) is 0 Å². The number of allylic oxidation sites excluding steroid dienone is 1. The van der Waals surface area contributed by atoms with Gasteiger partial charge >= 0.3 is 0 Å². The molecule has 0 bridgehead atoms. The van der Waals surface area contributed by atoms with Gasteiger partial charge in [-0.1, -0.05) is 0 Å². The first-order chi connectivity index (χ1) is 6.26. The van der Waals surface area contributed by atoms with Crippen LogP contribution in [0.25, 0.3) is 5.76 Å². The predicted molar refractivity (Wildman–Crippen MR) is 48.9 cm³/mol. The van der Waals surface area contributed by atoms with Crippen molar-refractivity contribution in [2.75, 3.05) is 7.11 Å². The molecule has 0 atom stereocenters. The van der Waals surface area contributed by atoms with Crippen molar-refractivity contribution in [3.8, 4) is 17.2 Å². The fraction of sp³-hybridized carbons (Fsp3) is 0.200. The molecule has 1 aromatic rings. The third-order valence-corrected chi connectivity index (χ3v) is 2.03. The second-order valence-electron chi connectivity index (χ2n) is 2.78. The molecule has 68 valence electrons. The number of phenolic OH excluding ortho intramolecular Hbond substituents is 1. The minimum Gasteiger partial charge on any atom is -0.504 e. The van der Waals surface area contributed by atoms with Gasteiger partial charge in [-0.25, -0.2) is 0 Å². The number of aromatic hydroxyl groups is 1. The average Bonchev–Trinajstić information content (AvgIpc) is 2.11. The maximum atomic E-state index is 9.38. The van der Waals surface area contributed by atoms with E-state index in [0.717, 1.165) is 11.3 Å². The molecule has 0 radical (unpaired) electrons. The van der Waals surface area contributed by atoms with Gasteiger partial charge in [0.2, 0.25) is 0 Å². The second kappa shape index (κ2) is 2.69. The highest BCUT2D eigenvalue weighted by molar-refractivity contribution is 5.78. The molecule has 3 nitrogen and oxygen atoms in total. The molecule has 1 aromatic carbocycles. The summed E-state index contributed by atoms with van der Waals surface area (Å²) in [6, 6.07) is 3.32. The molecule has 0 spiro atoms. The highest BCUT2D eigenvalue weighted by atomic mass is 16.5. The van der Waals surface area contributed by atoms with E-state index < -0.39 is 0 Å². The van der Waals surface area contributed by atoms with E-state index in [1.807, 2.05) is 13.0 Å². The van der Waals surface area contributed by atoms with Crippen molar-refractivity contribution in [1.29, 1.82) is 0 Å². The lowest BCUT2D eigenvalue weighted by atomic mass is 10.1.